The first-order valence-electron chi connectivity index (χ1n) is 18.5. The molecule has 248 valence electrons. The van der Waals surface area contributed by atoms with Gasteiger partial charge in [-0.2, -0.15) is 0 Å². The monoisotopic (exact) mass is 684 g/mol. The van der Waals surface area contributed by atoms with Crippen LogP contribution in [0.15, 0.2) is 170 Å². The van der Waals surface area contributed by atoms with Crippen LogP contribution in [0, 0.1) is 0 Å². The molecule has 0 saturated carbocycles. The molecule has 0 radical (unpaired) electrons. The second-order valence-corrected chi connectivity index (χ2v) is 14.5. The number of rotatable bonds is 2. The summed E-state index contributed by atoms with van der Waals surface area (Å²) in [5.41, 5.74) is 8.89. The molecule has 4 aromatic heterocycles. The van der Waals surface area contributed by atoms with E-state index in [1.165, 1.54) is 81.2 Å². The van der Waals surface area contributed by atoms with Crippen molar-refractivity contribution in [2.75, 3.05) is 0 Å². The number of hydrogen-bond acceptors (Lipinski definition) is 2. The zero-order valence-corrected chi connectivity index (χ0v) is 29.0. The van der Waals surface area contributed by atoms with Crippen molar-refractivity contribution in [2.45, 2.75) is 0 Å². The van der Waals surface area contributed by atoms with Crippen LogP contribution < -0.4 is 0 Å². The topological polar surface area (TPSA) is 35.1 Å². The molecule has 0 aliphatic carbocycles. The van der Waals surface area contributed by atoms with Gasteiger partial charge in [0.05, 0.1) is 38.8 Å². The van der Waals surface area contributed by atoms with Crippen LogP contribution in [0.5, 0.6) is 0 Å². The molecule has 0 spiro atoms. The predicted octanol–water partition coefficient (Wildman–Crippen LogP) is 13.0. The van der Waals surface area contributed by atoms with Gasteiger partial charge in [0.2, 0.25) is 5.95 Å². The Balaban J connectivity index is 1.22. The molecular formula is C50H28N4. The maximum absolute atomic E-state index is 5.60. The maximum Gasteiger partial charge on any atom is 0.235 e. The number of aromatic nitrogens is 4. The first-order chi connectivity index (χ1) is 26.8. The standard InChI is InChI=1S/C50H28N4/c1-4-16-32-29(13-1)25-26-35-40-28-44-45(46-38-21-9-12-24-43(38)54(48(32)35)49(40)46)37-20-8-11-23-42(37)53(44)50-51-41-22-10-7-19-36(41)47(52-50)39-27-30-14-2-3-15-31(30)33-17-5-6-18-34(33)39/h1-28H. The number of nitrogens with zero attached hydrogens (tertiary/aromatic N) is 4. The fourth-order valence-electron chi connectivity index (χ4n) is 9.60. The molecule has 0 amide bonds. The third-order valence-corrected chi connectivity index (χ3v) is 11.8. The van der Waals surface area contributed by atoms with Gasteiger partial charge in [0, 0.05) is 48.7 Å². The van der Waals surface area contributed by atoms with Crippen molar-refractivity contribution in [1.82, 2.24) is 18.9 Å². The van der Waals surface area contributed by atoms with Crippen LogP contribution in [0.3, 0.4) is 0 Å². The van der Waals surface area contributed by atoms with Crippen LogP contribution in [-0.2, 0) is 0 Å². The van der Waals surface area contributed by atoms with Gasteiger partial charge in [-0.25, -0.2) is 9.97 Å². The number of benzene rings is 9. The van der Waals surface area contributed by atoms with Crippen molar-refractivity contribution in [3.8, 4) is 17.2 Å². The molecule has 54 heavy (non-hydrogen) atoms. The third-order valence-electron chi connectivity index (χ3n) is 11.8. The molecule has 0 atom stereocenters. The van der Waals surface area contributed by atoms with Gasteiger partial charge >= 0.3 is 0 Å². The summed E-state index contributed by atoms with van der Waals surface area (Å²) >= 11 is 0. The Morgan fingerprint density at radius 3 is 1.81 bits per heavy atom. The third kappa shape index (κ3) is 3.52. The average molecular weight is 685 g/mol. The predicted molar refractivity (Wildman–Crippen MR) is 226 cm³/mol. The van der Waals surface area contributed by atoms with Crippen molar-refractivity contribution >= 4 is 103 Å². The van der Waals surface area contributed by atoms with E-state index >= 15 is 0 Å². The minimum atomic E-state index is 0.666. The van der Waals surface area contributed by atoms with Crippen LogP contribution in [0.4, 0.5) is 0 Å². The van der Waals surface area contributed by atoms with Crippen LogP contribution in [0.1, 0.15) is 0 Å². The molecule has 0 bridgehead atoms. The summed E-state index contributed by atoms with van der Waals surface area (Å²) in [7, 11) is 0. The lowest BCUT2D eigenvalue weighted by Crippen LogP contribution is -2.03. The zero-order chi connectivity index (χ0) is 35.1. The summed E-state index contributed by atoms with van der Waals surface area (Å²) in [6.45, 7) is 0. The largest absolute Gasteiger partial charge is 0.307 e. The lowest BCUT2D eigenvalue weighted by atomic mass is 9.94. The molecule has 0 fully saturated rings. The second kappa shape index (κ2) is 10.2. The first-order valence-corrected chi connectivity index (χ1v) is 18.5. The summed E-state index contributed by atoms with van der Waals surface area (Å²) in [5.74, 6) is 0.666. The van der Waals surface area contributed by atoms with Crippen molar-refractivity contribution in [1.29, 1.82) is 0 Å². The van der Waals surface area contributed by atoms with Crippen molar-refractivity contribution in [2.24, 2.45) is 0 Å². The van der Waals surface area contributed by atoms with Crippen molar-refractivity contribution < 1.29 is 0 Å². The van der Waals surface area contributed by atoms with Gasteiger partial charge in [0.15, 0.2) is 0 Å². The van der Waals surface area contributed by atoms with E-state index in [1.54, 1.807) is 0 Å². The van der Waals surface area contributed by atoms with Crippen LogP contribution in [-0.4, -0.2) is 18.9 Å². The Kier molecular flexibility index (Phi) is 5.34. The molecule has 4 heteroatoms. The van der Waals surface area contributed by atoms with E-state index < -0.39 is 0 Å². The minimum Gasteiger partial charge on any atom is -0.307 e. The first kappa shape index (κ1) is 28.3. The molecule has 0 N–H and O–H groups in total. The Morgan fingerprint density at radius 2 is 0.981 bits per heavy atom. The normalized spacial score (nSPS) is 12.4. The van der Waals surface area contributed by atoms with Crippen molar-refractivity contribution in [3.63, 3.8) is 0 Å². The number of fused-ring (bicyclic) bond motifs is 16. The molecule has 0 aliphatic rings. The van der Waals surface area contributed by atoms with Gasteiger partial charge in [0.1, 0.15) is 0 Å². The minimum absolute atomic E-state index is 0.666. The Morgan fingerprint density at radius 1 is 0.352 bits per heavy atom. The van der Waals surface area contributed by atoms with Gasteiger partial charge in [-0.1, -0.05) is 140 Å². The fraction of sp³-hybridized carbons (Fsp3) is 0. The van der Waals surface area contributed by atoms with Gasteiger partial charge in [-0.3, -0.25) is 4.57 Å². The molecule has 9 aromatic carbocycles. The molecule has 13 rings (SSSR count). The van der Waals surface area contributed by atoms with Crippen molar-refractivity contribution in [3.05, 3.63) is 170 Å². The number of para-hydroxylation sites is 3. The van der Waals surface area contributed by atoms with E-state index in [4.69, 9.17) is 9.97 Å². The lowest BCUT2D eigenvalue weighted by molar-refractivity contribution is 1.01. The highest BCUT2D eigenvalue weighted by Gasteiger charge is 2.26. The summed E-state index contributed by atoms with van der Waals surface area (Å²) in [5, 5.41) is 15.8. The molecule has 4 heterocycles. The van der Waals surface area contributed by atoms with Gasteiger partial charge in [-0.05, 0) is 57.3 Å². The van der Waals surface area contributed by atoms with Gasteiger partial charge < -0.3 is 4.40 Å². The highest BCUT2D eigenvalue weighted by Crippen LogP contribution is 2.48. The van der Waals surface area contributed by atoms with Crippen LogP contribution in [0.2, 0.25) is 0 Å². The van der Waals surface area contributed by atoms with E-state index in [0.29, 0.717) is 5.95 Å². The maximum atomic E-state index is 5.60. The summed E-state index contributed by atoms with van der Waals surface area (Å²) in [6, 6.07) is 61.5. The summed E-state index contributed by atoms with van der Waals surface area (Å²) in [4.78, 5) is 11.0. The Bertz CT molecular complexity index is 3740. The van der Waals surface area contributed by atoms with Crippen LogP contribution in [0.25, 0.3) is 120 Å². The van der Waals surface area contributed by atoms with E-state index in [-0.39, 0.29) is 0 Å². The second-order valence-electron chi connectivity index (χ2n) is 14.5. The fourth-order valence-corrected chi connectivity index (χ4v) is 9.60. The zero-order valence-electron chi connectivity index (χ0n) is 29.0. The Hall–Kier alpha value is -7.30. The van der Waals surface area contributed by atoms with E-state index in [2.05, 4.69) is 179 Å². The molecule has 13 aromatic rings. The Labute approximate surface area is 308 Å². The molecular weight excluding hydrogens is 657 g/mol. The van der Waals surface area contributed by atoms with Crippen LogP contribution >= 0.6 is 0 Å². The van der Waals surface area contributed by atoms with Gasteiger partial charge in [0.25, 0.3) is 0 Å². The van der Waals surface area contributed by atoms with Gasteiger partial charge in [-0.15, -0.1) is 0 Å². The molecule has 0 saturated heterocycles. The summed E-state index contributed by atoms with van der Waals surface area (Å²) < 4.78 is 4.82. The average Bonchev–Trinajstić information content (AvgIpc) is 3.87. The smallest absolute Gasteiger partial charge is 0.235 e. The lowest BCUT2D eigenvalue weighted by Gasteiger charge is -2.15. The number of hydrogen-bond donors (Lipinski definition) is 0. The highest BCUT2D eigenvalue weighted by atomic mass is 15.2. The molecule has 0 aliphatic heterocycles. The van der Waals surface area contributed by atoms with E-state index in [1.807, 2.05) is 0 Å². The van der Waals surface area contributed by atoms with E-state index in [9.17, 15) is 0 Å². The molecule has 0 unspecified atom stereocenters. The SMILES string of the molecule is c1ccc2c(c1)cc(-c1nc(-n3c4ccccc4c4c5c6ccccc6n6c7c8ccccc8ccc7c(cc43)c56)nc3ccccc13)c1ccccc12. The van der Waals surface area contributed by atoms with E-state index in [0.717, 1.165) is 33.2 Å². The summed E-state index contributed by atoms with van der Waals surface area (Å²) in [6.07, 6.45) is 0. The molecule has 4 nitrogen and oxygen atoms in total. The highest BCUT2D eigenvalue weighted by molar-refractivity contribution is 6.37. The quantitative estimate of drug-likeness (QED) is 0.170.